The van der Waals surface area contributed by atoms with Crippen LogP contribution >= 0.6 is 0 Å². The van der Waals surface area contributed by atoms with Crippen molar-refractivity contribution in [2.45, 2.75) is 32.2 Å². The highest BCUT2D eigenvalue weighted by Crippen LogP contribution is 2.18. The first kappa shape index (κ1) is 15.2. The summed E-state index contributed by atoms with van der Waals surface area (Å²) in [6.07, 6.45) is 4.87. The number of carbonyl (C=O) groups excluding carboxylic acids is 2. The fraction of sp³-hybridized carbons (Fsp3) is 0.571. The van der Waals surface area contributed by atoms with E-state index in [1.807, 2.05) is 6.92 Å². The Morgan fingerprint density at radius 1 is 1.43 bits per heavy atom. The quantitative estimate of drug-likeness (QED) is 0.861. The monoisotopic (exact) mass is 292 g/mol. The maximum Gasteiger partial charge on any atom is 0.274 e. The number of H-pyrrole nitrogens is 1. The molecule has 0 aliphatic carbocycles. The minimum Gasteiger partial charge on any atom is -0.342 e. The van der Waals surface area contributed by atoms with Crippen LogP contribution in [-0.4, -0.2) is 57.8 Å². The van der Waals surface area contributed by atoms with Crippen LogP contribution in [0.25, 0.3) is 0 Å². The van der Waals surface area contributed by atoms with Crippen molar-refractivity contribution in [1.29, 1.82) is 0 Å². The van der Waals surface area contributed by atoms with E-state index >= 15 is 0 Å². The molecule has 1 atom stereocenters. The standard InChI is InChI=1S/C14H20N4O3/c1-3-4-5-11-14(21)17(2)6-7-18(11)13(20)10-8-16-12(19)9-15-10/h8-9,11H,3-7H2,1-2H3,(H,16,19)/t11-/m1/s1. The van der Waals surface area contributed by atoms with E-state index < -0.39 is 6.04 Å². The molecule has 2 amide bonds. The van der Waals surface area contributed by atoms with Gasteiger partial charge in [0, 0.05) is 26.3 Å². The second-order valence-corrected chi connectivity index (χ2v) is 5.21. The molecule has 0 aromatic carbocycles. The summed E-state index contributed by atoms with van der Waals surface area (Å²) in [5.74, 6) is -0.346. The molecule has 7 nitrogen and oxygen atoms in total. The van der Waals surface area contributed by atoms with E-state index in [9.17, 15) is 14.4 Å². The Labute approximate surface area is 123 Å². The molecular formula is C14H20N4O3. The second-order valence-electron chi connectivity index (χ2n) is 5.21. The number of aromatic amines is 1. The van der Waals surface area contributed by atoms with E-state index in [1.165, 1.54) is 6.20 Å². The van der Waals surface area contributed by atoms with E-state index in [0.717, 1.165) is 19.0 Å². The van der Waals surface area contributed by atoms with E-state index in [4.69, 9.17) is 0 Å². The van der Waals surface area contributed by atoms with Gasteiger partial charge in [-0.05, 0) is 6.42 Å². The number of nitrogens with one attached hydrogen (secondary N) is 1. The zero-order chi connectivity index (χ0) is 15.4. The summed E-state index contributed by atoms with van der Waals surface area (Å²) < 4.78 is 0. The molecule has 1 aliphatic heterocycles. The van der Waals surface area contributed by atoms with Crippen LogP contribution in [0.4, 0.5) is 0 Å². The lowest BCUT2D eigenvalue weighted by molar-refractivity contribution is -0.138. The summed E-state index contributed by atoms with van der Waals surface area (Å²) in [6.45, 7) is 3.04. The van der Waals surface area contributed by atoms with Crippen LogP contribution in [-0.2, 0) is 4.79 Å². The zero-order valence-electron chi connectivity index (χ0n) is 12.3. The highest BCUT2D eigenvalue weighted by Gasteiger charge is 2.36. The minimum atomic E-state index is -0.440. The number of carbonyl (C=O) groups is 2. The largest absolute Gasteiger partial charge is 0.342 e. The molecule has 21 heavy (non-hydrogen) atoms. The Kier molecular flexibility index (Phi) is 4.72. The number of nitrogens with zero attached hydrogens (tertiary/aromatic N) is 3. The third-order valence-electron chi connectivity index (χ3n) is 3.70. The van der Waals surface area contributed by atoms with Gasteiger partial charge < -0.3 is 14.8 Å². The Hall–Kier alpha value is -2.18. The highest BCUT2D eigenvalue weighted by atomic mass is 16.2. The van der Waals surface area contributed by atoms with E-state index in [2.05, 4.69) is 9.97 Å². The van der Waals surface area contributed by atoms with Gasteiger partial charge in [-0.3, -0.25) is 14.4 Å². The van der Waals surface area contributed by atoms with E-state index in [1.54, 1.807) is 16.8 Å². The SMILES string of the molecule is CCCC[C@@H]1C(=O)N(C)CCN1C(=O)c1c[nH]c(=O)cn1. The van der Waals surface area contributed by atoms with Crippen LogP contribution < -0.4 is 5.56 Å². The zero-order valence-corrected chi connectivity index (χ0v) is 12.3. The topological polar surface area (TPSA) is 86.4 Å². The van der Waals surface area contributed by atoms with Gasteiger partial charge in [0.05, 0.1) is 6.20 Å². The van der Waals surface area contributed by atoms with Gasteiger partial charge in [0.25, 0.3) is 11.5 Å². The summed E-state index contributed by atoms with van der Waals surface area (Å²) in [5.41, 5.74) is -0.197. The van der Waals surface area contributed by atoms with Crippen molar-refractivity contribution in [3.05, 3.63) is 28.4 Å². The van der Waals surface area contributed by atoms with E-state index in [-0.39, 0.29) is 23.1 Å². The molecule has 1 N–H and O–H groups in total. The molecule has 1 fully saturated rings. The number of amides is 2. The van der Waals surface area contributed by atoms with Crippen molar-refractivity contribution < 1.29 is 9.59 Å². The molecule has 2 rings (SSSR count). The molecule has 7 heteroatoms. The predicted octanol–water partition coefficient (Wildman–Crippen LogP) is 0.243. The fourth-order valence-corrected chi connectivity index (χ4v) is 2.44. The van der Waals surface area contributed by atoms with Gasteiger partial charge in [-0.1, -0.05) is 19.8 Å². The number of rotatable bonds is 4. The van der Waals surface area contributed by atoms with Crippen LogP contribution in [0, 0.1) is 0 Å². The first-order valence-electron chi connectivity index (χ1n) is 7.15. The maximum atomic E-state index is 12.5. The van der Waals surface area contributed by atoms with Crippen molar-refractivity contribution >= 4 is 11.8 Å². The van der Waals surface area contributed by atoms with Gasteiger partial charge in [0.1, 0.15) is 11.7 Å². The van der Waals surface area contributed by atoms with Gasteiger partial charge >= 0.3 is 0 Å². The van der Waals surface area contributed by atoms with Crippen molar-refractivity contribution in [3.8, 4) is 0 Å². The first-order chi connectivity index (χ1) is 10.0. The lowest BCUT2D eigenvalue weighted by Crippen LogP contribution is -2.57. The van der Waals surface area contributed by atoms with Crippen molar-refractivity contribution in [2.75, 3.05) is 20.1 Å². The molecule has 0 bridgehead atoms. The van der Waals surface area contributed by atoms with Crippen molar-refractivity contribution in [2.24, 2.45) is 0 Å². The number of likely N-dealkylation sites (N-methyl/N-ethyl adjacent to an activating group) is 1. The van der Waals surface area contributed by atoms with Crippen molar-refractivity contribution in [1.82, 2.24) is 19.8 Å². The van der Waals surface area contributed by atoms with Crippen LogP contribution in [0.3, 0.4) is 0 Å². The first-order valence-corrected chi connectivity index (χ1v) is 7.15. The molecule has 0 unspecified atom stereocenters. The van der Waals surface area contributed by atoms with Crippen LogP contribution in [0.1, 0.15) is 36.7 Å². The number of piperazine rings is 1. The fourth-order valence-electron chi connectivity index (χ4n) is 2.44. The lowest BCUT2D eigenvalue weighted by atomic mass is 10.0. The summed E-state index contributed by atoms with van der Waals surface area (Å²) in [7, 11) is 1.75. The Morgan fingerprint density at radius 2 is 2.19 bits per heavy atom. The normalized spacial score (nSPS) is 19.0. The number of aromatic nitrogens is 2. The minimum absolute atomic E-state index is 0.0347. The molecule has 1 aromatic rings. The van der Waals surface area contributed by atoms with Crippen LogP contribution in [0.5, 0.6) is 0 Å². The predicted molar refractivity (Wildman–Crippen MR) is 76.8 cm³/mol. The third kappa shape index (κ3) is 3.29. The molecule has 2 heterocycles. The summed E-state index contributed by atoms with van der Waals surface area (Å²) >= 11 is 0. The number of hydrogen-bond donors (Lipinski definition) is 1. The Morgan fingerprint density at radius 3 is 2.81 bits per heavy atom. The van der Waals surface area contributed by atoms with Gasteiger partial charge in [0.15, 0.2) is 0 Å². The Balaban J connectivity index is 2.21. The van der Waals surface area contributed by atoms with Crippen LogP contribution in [0.2, 0.25) is 0 Å². The molecule has 1 aromatic heterocycles. The maximum absolute atomic E-state index is 12.5. The number of hydrogen-bond acceptors (Lipinski definition) is 4. The summed E-state index contributed by atoms with van der Waals surface area (Å²) in [4.78, 5) is 45.3. The molecule has 0 spiro atoms. The average Bonchev–Trinajstić information content (AvgIpc) is 2.49. The second kappa shape index (κ2) is 6.51. The smallest absolute Gasteiger partial charge is 0.274 e. The van der Waals surface area contributed by atoms with Crippen LogP contribution in [0.15, 0.2) is 17.2 Å². The van der Waals surface area contributed by atoms with Crippen molar-refractivity contribution in [3.63, 3.8) is 0 Å². The van der Waals surface area contributed by atoms with E-state index in [0.29, 0.717) is 19.5 Å². The molecule has 114 valence electrons. The molecule has 0 saturated carbocycles. The van der Waals surface area contributed by atoms with Gasteiger partial charge in [0.2, 0.25) is 5.91 Å². The molecule has 1 aliphatic rings. The van der Waals surface area contributed by atoms with Gasteiger partial charge in [-0.25, -0.2) is 4.98 Å². The van der Waals surface area contributed by atoms with Gasteiger partial charge in [-0.15, -0.1) is 0 Å². The number of unbranched alkanes of at least 4 members (excludes halogenated alkanes) is 1. The van der Waals surface area contributed by atoms with Gasteiger partial charge in [-0.2, -0.15) is 0 Å². The summed E-state index contributed by atoms with van der Waals surface area (Å²) in [6, 6.07) is -0.440. The lowest BCUT2D eigenvalue weighted by Gasteiger charge is -2.39. The third-order valence-corrected chi connectivity index (χ3v) is 3.70. The molecule has 1 saturated heterocycles. The Bertz CT molecular complexity index is 563. The molecular weight excluding hydrogens is 272 g/mol. The molecule has 0 radical (unpaired) electrons. The summed E-state index contributed by atoms with van der Waals surface area (Å²) in [5, 5.41) is 0. The highest BCUT2D eigenvalue weighted by molar-refractivity contribution is 5.96. The average molecular weight is 292 g/mol.